The zero-order chi connectivity index (χ0) is 15.1. The second-order valence-electron chi connectivity index (χ2n) is 5.06. The summed E-state index contributed by atoms with van der Waals surface area (Å²) in [6.07, 6.45) is 0. The van der Waals surface area contributed by atoms with E-state index in [2.05, 4.69) is 5.32 Å². The molecule has 7 heteroatoms. The van der Waals surface area contributed by atoms with E-state index in [0.717, 1.165) is 11.1 Å². The second kappa shape index (κ2) is 5.06. The minimum absolute atomic E-state index is 0.0714. The van der Waals surface area contributed by atoms with Crippen LogP contribution in [0.2, 0.25) is 0 Å². The molecule has 1 unspecified atom stereocenters. The fraction of sp³-hybridized carbons (Fsp3) is 0.462. The first-order chi connectivity index (χ1) is 9.25. The molecular weight excluding hydrogens is 278 g/mol. The summed E-state index contributed by atoms with van der Waals surface area (Å²) in [6.45, 7) is 5.84. The highest BCUT2D eigenvalue weighted by molar-refractivity contribution is 7.89. The van der Waals surface area contributed by atoms with Crippen LogP contribution in [0.3, 0.4) is 0 Å². The van der Waals surface area contributed by atoms with Crippen molar-refractivity contribution in [3.63, 3.8) is 0 Å². The number of piperazine rings is 1. The molecular formula is C13H19N3O3S. The Kier molecular flexibility index (Phi) is 3.75. The number of nitrogens with two attached hydrogens (primary N) is 1. The van der Waals surface area contributed by atoms with E-state index in [4.69, 9.17) is 5.73 Å². The van der Waals surface area contributed by atoms with E-state index in [1.165, 1.54) is 4.31 Å². The monoisotopic (exact) mass is 297 g/mol. The molecule has 6 nitrogen and oxygen atoms in total. The van der Waals surface area contributed by atoms with Crippen LogP contribution in [0, 0.1) is 13.8 Å². The maximum absolute atomic E-state index is 12.7. The third-order valence-electron chi connectivity index (χ3n) is 3.66. The molecule has 1 amide bonds. The lowest BCUT2D eigenvalue weighted by molar-refractivity contribution is -0.126. The molecule has 1 aromatic rings. The fourth-order valence-electron chi connectivity index (χ4n) is 2.25. The van der Waals surface area contributed by atoms with Crippen LogP contribution >= 0.6 is 0 Å². The van der Waals surface area contributed by atoms with Gasteiger partial charge in [-0.25, -0.2) is 8.42 Å². The number of nitrogens with one attached hydrogen (secondary N) is 1. The minimum Gasteiger partial charge on any atom is -0.398 e. The van der Waals surface area contributed by atoms with Gasteiger partial charge in [-0.2, -0.15) is 4.31 Å². The smallest absolute Gasteiger partial charge is 0.245 e. The highest BCUT2D eigenvalue weighted by Gasteiger charge is 2.36. The van der Waals surface area contributed by atoms with Gasteiger partial charge >= 0.3 is 0 Å². The molecule has 3 N–H and O–H groups in total. The summed E-state index contributed by atoms with van der Waals surface area (Å²) < 4.78 is 26.6. The van der Waals surface area contributed by atoms with Crippen molar-refractivity contribution in [2.24, 2.45) is 0 Å². The molecule has 1 atom stereocenters. The van der Waals surface area contributed by atoms with Gasteiger partial charge in [-0.1, -0.05) is 0 Å². The number of amides is 1. The Balaban J connectivity index is 2.50. The molecule has 0 spiro atoms. The number of nitrogen functional groups attached to an aromatic ring is 1. The Morgan fingerprint density at radius 1 is 1.30 bits per heavy atom. The molecule has 1 fully saturated rings. The van der Waals surface area contributed by atoms with Crippen LogP contribution in [-0.2, 0) is 14.8 Å². The minimum atomic E-state index is -3.77. The van der Waals surface area contributed by atoms with Gasteiger partial charge in [0.25, 0.3) is 0 Å². The summed E-state index contributed by atoms with van der Waals surface area (Å²) in [6, 6.07) is 2.49. The van der Waals surface area contributed by atoms with Crippen LogP contribution in [0.25, 0.3) is 0 Å². The molecule has 1 heterocycles. The number of aryl methyl sites for hydroxylation is 2. The third-order valence-corrected chi connectivity index (χ3v) is 5.68. The summed E-state index contributed by atoms with van der Waals surface area (Å²) in [5.41, 5.74) is 7.86. The molecule has 20 heavy (non-hydrogen) atoms. The molecule has 0 aliphatic carbocycles. The Bertz CT molecular complexity index is 655. The van der Waals surface area contributed by atoms with Gasteiger partial charge in [0.05, 0.1) is 5.69 Å². The van der Waals surface area contributed by atoms with Gasteiger partial charge in [0.1, 0.15) is 10.9 Å². The van der Waals surface area contributed by atoms with E-state index < -0.39 is 16.1 Å². The highest BCUT2D eigenvalue weighted by atomic mass is 32.2. The van der Waals surface area contributed by atoms with Crippen molar-refractivity contribution in [1.82, 2.24) is 9.62 Å². The van der Waals surface area contributed by atoms with E-state index in [-0.39, 0.29) is 23.0 Å². The number of carbonyl (C=O) groups excluding carboxylic acids is 1. The molecule has 1 aliphatic rings. The SMILES string of the molecule is Cc1cc(N)c(S(=O)(=O)N2CCNC(=O)C2C)cc1C. The number of sulfonamides is 1. The lowest BCUT2D eigenvalue weighted by Crippen LogP contribution is -2.55. The zero-order valence-corrected chi connectivity index (χ0v) is 12.6. The van der Waals surface area contributed by atoms with Crippen molar-refractivity contribution in [3.05, 3.63) is 23.3 Å². The summed E-state index contributed by atoms with van der Waals surface area (Å²) in [5, 5.41) is 2.64. The number of rotatable bonds is 2. The lowest BCUT2D eigenvalue weighted by Gasteiger charge is -2.32. The van der Waals surface area contributed by atoms with Crippen molar-refractivity contribution in [1.29, 1.82) is 0 Å². The molecule has 0 radical (unpaired) electrons. The van der Waals surface area contributed by atoms with Gasteiger partial charge in [0.2, 0.25) is 15.9 Å². The van der Waals surface area contributed by atoms with Crippen LogP contribution in [0.1, 0.15) is 18.1 Å². The highest BCUT2D eigenvalue weighted by Crippen LogP contribution is 2.27. The predicted molar refractivity (Wildman–Crippen MR) is 76.7 cm³/mol. The normalized spacial score (nSPS) is 20.8. The molecule has 110 valence electrons. The topological polar surface area (TPSA) is 92.5 Å². The van der Waals surface area contributed by atoms with Crippen LogP contribution in [0.15, 0.2) is 17.0 Å². The van der Waals surface area contributed by atoms with Crippen molar-refractivity contribution in [3.8, 4) is 0 Å². The molecule has 1 aromatic carbocycles. The first-order valence-electron chi connectivity index (χ1n) is 6.41. The quantitative estimate of drug-likeness (QED) is 0.773. The van der Waals surface area contributed by atoms with Crippen molar-refractivity contribution in [2.75, 3.05) is 18.8 Å². The predicted octanol–water partition coefficient (Wildman–Crippen LogP) is 0.395. The molecule has 0 aromatic heterocycles. The van der Waals surface area contributed by atoms with Crippen LogP contribution < -0.4 is 11.1 Å². The van der Waals surface area contributed by atoms with E-state index in [1.807, 2.05) is 13.8 Å². The van der Waals surface area contributed by atoms with Gasteiger partial charge in [-0.3, -0.25) is 4.79 Å². The number of hydrogen-bond acceptors (Lipinski definition) is 4. The van der Waals surface area contributed by atoms with E-state index >= 15 is 0 Å². The first kappa shape index (κ1) is 14.8. The first-order valence-corrected chi connectivity index (χ1v) is 7.85. The number of carbonyl (C=O) groups is 1. The van der Waals surface area contributed by atoms with Crippen LogP contribution in [0.5, 0.6) is 0 Å². The summed E-state index contributed by atoms with van der Waals surface area (Å²) in [4.78, 5) is 11.7. The largest absolute Gasteiger partial charge is 0.398 e. The van der Waals surface area contributed by atoms with Gasteiger partial charge in [-0.05, 0) is 44.0 Å². The number of nitrogens with zero attached hydrogens (tertiary/aromatic N) is 1. The standard InChI is InChI=1S/C13H19N3O3S/c1-8-6-11(14)12(7-9(8)2)20(18,19)16-5-4-15-13(17)10(16)3/h6-7,10H,4-5,14H2,1-3H3,(H,15,17). The Hall–Kier alpha value is -1.60. The number of anilines is 1. The number of benzene rings is 1. The Morgan fingerprint density at radius 3 is 2.55 bits per heavy atom. The molecule has 1 saturated heterocycles. The maximum Gasteiger partial charge on any atom is 0.245 e. The average molecular weight is 297 g/mol. The van der Waals surface area contributed by atoms with Crippen LogP contribution in [-0.4, -0.2) is 37.8 Å². The second-order valence-corrected chi connectivity index (χ2v) is 6.92. The van der Waals surface area contributed by atoms with E-state index in [0.29, 0.717) is 6.54 Å². The van der Waals surface area contributed by atoms with Gasteiger partial charge in [-0.15, -0.1) is 0 Å². The van der Waals surface area contributed by atoms with Gasteiger partial charge < -0.3 is 11.1 Å². The molecule has 2 rings (SSSR count). The Labute approximate surface area is 119 Å². The van der Waals surface area contributed by atoms with E-state index in [9.17, 15) is 13.2 Å². The van der Waals surface area contributed by atoms with Crippen LogP contribution in [0.4, 0.5) is 5.69 Å². The third kappa shape index (κ3) is 2.38. The molecule has 1 aliphatic heterocycles. The molecule has 0 saturated carbocycles. The summed E-state index contributed by atoms with van der Waals surface area (Å²) in [5.74, 6) is -0.290. The van der Waals surface area contributed by atoms with Gasteiger partial charge in [0.15, 0.2) is 0 Å². The summed E-state index contributed by atoms with van der Waals surface area (Å²) in [7, 11) is -3.77. The van der Waals surface area contributed by atoms with Crippen molar-refractivity contribution in [2.45, 2.75) is 31.7 Å². The number of hydrogen-bond donors (Lipinski definition) is 2. The van der Waals surface area contributed by atoms with Crippen molar-refractivity contribution >= 4 is 21.6 Å². The molecule has 0 bridgehead atoms. The Morgan fingerprint density at radius 2 is 1.90 bits per heavy atom. The van der Waals surface area contributed by atoms with Gasteiger partial charge in [0, 0.05) is 13.1 Å². The summed E-state index contributed by atoms with van der Waals surface area (Å²) >= 11 is 0. The maximum atomic E-state index is 12.7. The van der Waals surface area contributed by atoms with E-state index in [1.54, 1.807) is 19.1 Å². The fourth-order valence-corrected chi connectivity index (χ4v) is 4.03. The average Bonchev–Trinajstić information content (AvgIpc) is 2.36. The lowest BCUT2D eigenvalue weighted by atomic mass is 10.1. The zero-order valence-electron chi connectivity index (χ0n) is 11.8. The van der Waals surface area contributed by atoms with Crippen molar-refractivity contribution < 1.29 is 13.2 Å².